The lowest BCUT2D eigenvalue weighted by atomic mass is 9.99. The van der Waals surface area contributed by atoms with Gasteiger partial charge in [0.25, 0.3) is 0 Å². The maximum absolute atomic E-state index is 6.07. The van der Waals surface area contributed by atoms with Gasteiger partial charge in [0.2, 0.25) is 0 Å². The highest BCUT2D eigenvalue weighted by Gasteiger charge is 2.17. The number of hydrogen-bond donors (Lipinski definition) is 1. The molecule has 2 heterocycles. The summed E-state index contributed by atoms with van der Waals surface area (Å²) in [6.45, 7) is 9.13. The second-order valence-electron chi connectivity index (χ2n) is 6.08. The Bertz CT molecular complexity index is 457. The normalized spacial score (nSPS) is 17.7. The van der Waals surface area contributed by atoms with Crippen LogP contribution in [0, 0.1) is 5.92 Å². The first-order valence-electron chi connectivity index (χ1n) is 8.14. The Morgan fingerprint density at radius 3 is 2.71 bits per heavy atom. The predicted octanol–water partition coefficient (Wildman–Crippen LogP) is 3.12. The van der Waals surface area contributed by atoms with Crippen LogP contribution in [0.1, 0.15) is 63.8 Å². The Hall–Kier alpha value is -1.52. The highest BCUT2D eigenvalue weighted by atomic mass is 16.5. The van der Waals surface area contributed by atoms with Crippen LogP contribution in [-0.4, -0.2) is 29.1 Å². The fraction of sp³-hybridized carbons (Fsp3) is 0.750. The Morgan fingerprint density at radius 1 is 1.43 bits per heavy atom. The number of piperidine rings is 1. The van der Waals surface area contributed by atoms with Crippen molar-refractivity contribution < 1.29 is 4.52 Å². The third kappa shape index (κ3) is 4.22. The third-order valence-corrected chi connectivity index (χ3v) is 4.49. The number of aliphatic imine (C=N–C) groups is 1. The van der Waals surface area contributed by atoms with E-state index in [2.05, 4.69) is 35.8 Å². The van der Waals surface area contributed by atoms with Crippen molar-refractivity contribution >= 4 is 5.96 Å². The molecular formula is C16H28N4O. The molecule has 0 spiro atoms. The van der Waals surface area contributed by atoms with Crippen LogP contribution in [-0.2, 0) is 6.54 Å². The lowest BCUT2D eigenvalue weighted by Gasteiger charge is -2.30. The molecule has 0 amide bonds. The first kappa shape index (κ1) is 15.9. The van der Waals surface area contributed by atoms with Crippen LogP contribution in [0.25, 0.3) is 0 Å². The molecule has 0 bridgehead atoms. The van der Waals surface area contributed by atoms with Gasteiger partial charge in [0.15, 0.2) is 11.7 Å². The second kappa shape index (κ2) is 7.48. The summed E-state index contributed by atoms with van der Waals surface area (Å²) in [6, 6.07) is 2.02. The molecular weight excluding hydrogens is 264 g/mol. The number of rotatable bonds is 5. The van der Waals surface area contributed by atoms with Crippen molar-refractivity contribution in [3.05, 3.63) is 17.5 Å². The molecule has 0 unspecified atom stereocenters. The van der Waals surface area contributed by atoms with Gasteiger partial charge in [-0.15, -0.1) is 0 Å². The molecule has 1 aliphatic rings. The molecule has 2 rings (SSSR count). The van der Waals surface area contributed by atoms with Gasteiger partial charge in [0, 0.05) is 25.1 Å². The van der Waals surface area contributed by atoms with Gasteiger partial charge in [-0.3, -0.25) is 0 Å². The summed E-state index contributed by atoms with van der Waals surface area (Å²) in [7, 11) is 0. The molecule has 1 aromatic rings. The highest BCUT2D eigenvalue weighted by molar-refractivity contribution is 5.78. The number of hydrogen-bond acceptors (Lipinski definition) is 3. The lowest BCUT2D eigenvalue weighted by molar-refractivity contribution is 0.277. The van der Waals surface area contributed by atoms with E-state index in [-0.39, 0.29) is 0 Å². The van der Waals surface area contributed by atoms with E-state index in [1.165, 1.54) is 12.8 Å². The molecule has 118 valence electrons. The zero-order chi connectivity index (χ0) is 15.2. The summed E-state index contributed by atoms with van der Waals surface area (Å²) in [4.78, 5) is 6.62. The SMILES string of the molecule is CCC(CC)c1cc(CN=C(N)N2CCC(C)CC2)on1. The number of nitrogens with two attached hydrogens (primary N) is 1. The number of guanidine groups is 1. The standard InChI is InChI=1S/C16H28N4O/c1-4-13(5-2)15-10-14(21-19-15)11-18-16(17)20-8-6-12(3)7-9-20/h10,12-13H,4-9,11H2,1-3H3,(H2,17,18). The fourth-order valence-corrected chi connectivity index (χ4v) is 2.80. The van der Waals surface area contributed by atoms with Gasteiger partial charge in [-0.25, -0.2) is 4.99 Å². The van der Waals surface area contributed by atoms with Gasteiger partial charge < -0.3 is 15.2 Å². The maximum atomic E-state index is 6.07. The molecule has 1 aromatic heterocycles. The van der Waals surface area contributed by atoms with Crippen molar-refractivity contribution in [2.24, 2.45) is 16.6 Å². The minimum absolute atomic E-state index is 0.477. The topological polar surface area (TPSA) is 67.7 Å². The van der Waals surface area contributed by atoms with Gasteiger partial charge in [-0.1, -0.05) is 25.9 Å². The van der Waals surface area contributed by atoms with E-state index < -0.39 is 0 Å². The van der Waals surface area contributed by atoms with Crippen molar-refractivity contribution in [1.29, 1.82) is 0 Å². The van der Waals surface area contributed by atoms with Crippen molar-refractivity contribution in [2.45, 2.75) is 58.9 Å². The van der Waals surface area contributed by atoms with Gasteiger partial charge in [0.05, 0.1) is 5.69 Å². The molecule has 0 saturated carbocycles. The van der Waals surface area contributed by atoms with E-state index in [1.807, 2.05) is 6.07 Å². The Balaban J connectivity index is 1.91. The van der Waals surface area contributed by atoms with Crippen molar-refractivity contribution in [2.75, 3.05) is 13.1 Å². The molecule has 0 aliphatic carbocycles. The van der Waals surface area contributed by atoms with E-state index in [0.29, 0.717) is 18.4 Å². The smallest absolute Gasteiger partial charge is 0.191 e. The maximum Gasteiger partial charge on any atom is 0.191 e. The predicted molar refractivity (Wildman–Crippen MR) is 85.1 cm³/mol. The molecule has 5 nitrogen and oxygen atoms in total. The summed E-state index contributed by atoms with van der Waals surface area (Å²) in [5.41, 5.74) is 7.11. The summed E-state index contributed by atoms with van der Waals surface area (Å²) in [6.07, 6.45) is 4.55. The zero-order valence-corrected chi connectivity index (χ0v) is 13.5. The molecule has 1 aliphatic heterocycles. The Labute approximate surface area is 127 Å². The lowest BCUT2D eigenvalue weighted by Crippen LogP contribution is -2.42. The van der Waals surface area contributed by atoms with Gasteiger partial charge in [-0.05, 0) is 31.6 Å². The van der Waals surface area contributed by atoms with Crippen molar-refractivity contribution in [3.63, 3.8) is 0 Å². The van der Waals surface area contributed by atoms with Gasteiger partial charge >= 0.3 is 0 Å². The Kier molecular flexibility index (Phi) is 5.65. The van der Waals surface area contributed by atoms with Gasteiger partial charge in [-0.2, -0.15) is 0 Å². The molecule has 2 N–H and O–H groups in total. The number of likely N-dealkylation sites (tertiary alicyclic amines) is 1. The summed E-state index contributed by atoms with van der Waals surface area (Å²) < 4.78 is 5.37. The minimum Gasteiger partial charge on any atom is -0.370 e. The Morgan fingerprint density at radius 2 is 2.10 bits per heavy atom. The largest absolute Gasteiger partial charge is 0.370 e. The molecule has 1 saturated heterocycles. The average molecular weight is 292 g/mol. The highest BCUT2D eigenvalue weighted by Crippen LogP contribution is 2.22. The zero-order valence-electron chi connectivity index (χ0n) is 13.5. The van der Waals surface area contributed by atoms with Crippen LogP contribution in [0.15, 0.2) is 15.6 Å². The summed E-state index contributed by atoms with van der Waals surface area (Å²) >= 11 is 0. The van der Waals surface area contributed by atoms with E-state index in [0.717, 1.165) is 43.3 Å². The molecule has 0 atom stereocenters. The molecule has 0 aromatic carbocycles. The summed E-state index contributed by atoms with van der Waals surface area (Å²) in [5, 5.41) is 4.16. The van der Waals surface area contributed by atoms with E-state index in [1.54, 1.807) is 0 Å². The van der Waals surface area contributed by atoms with E-state index >= 15 is 0 Å². The number of nitrogens with zero attached hydrogens (tertiary/aromatic N) is 3. The monoisotopic (exact) mass is 292 g/mol. The first-order chi connectivity index (χ1) is 10.1. The van der Waals surface area contributed by atoms with Crippen LogP contribution in [0.5, 0.6) is 0 Å². The van der Waals surface area contributed by atoms with E-state index in [9.17, 15) is 0 Å². The van der Waals surface area contributed by atoms with Crippen LogP contribution < -0.4 is 5.73 Å². The van der Waals surface area contributed by atoms with Crippen molar-refractivity contribution in [1.82, 2.24) is 10.1 Å². The summed E-state index contributed by atoms with van der Waals surface area (Å²) in [5.74, 6) is 2.70. The van der Waals surface area contributed by atoms with Crippen LogP contribution in [0.4, 0.5) is 0 Å². The second-order valence-corrected chi connectivity index (χ2v) is 6.08. The minimum atomic E-state index is 0.477. The number of aromatic nitrogens is 1. The van der Waals surface area contributed by atoms with E-state index in [4.69, 9.17) is 10.3 Å². The quantitative estimate of drug-likeness (QED) is 0.669. The van der Waals surface area contributed by atoms with Crippen molar-refractivity contribution in [3.8, 4) is 0 Å². The first-order valence-corrected chi connectivity index (χ1v) is 8.14. The van der Waals surface area contributed by atoms with Gasteiger partial charge in [0.1, 0.15) is 6.54 Å². The third-order valence-electron chi connectivity index (χ3n) is 4.49. The molecule has 1 fully saturated rings. The molecule has 21 heavy (non-hydrogen) atoms. The molecule has 5 heteroatoms. The van der Waals surface area contributed by atoms with Crippen LogP contribution in [0.3, 0.4) is 0 Å². The van der Waals surface area contributed by atoms with Crippen LogP contribution in [0.2, 0.25) is 0 Å². The fourth-order valence-electron chi connectivity index (χ4n) is 2.80. The molecule has 0 radical (unpaired) electrons. The van der Waals surface area contributed by atoms with Crippen LogP contribution >= 0.6 is 0 Å². The average Bonchev–Trinajstić information content (AvgIpc) is 2.96.